The van der Waals surface area contributed by atoms with Crippen LogP contribution >= 0.6 is 0 Å². The van der Waals surface area contributed by atoms with Crippen molar-refractivity contribution in [1.29, 1.82) is 0 Å². The van der Waals surface area contributed by atoms with Gasteiger partial charge in [-0.1, -0.05) is 0 Å². The number of anilines is 1. The van der Waals surface area contributed by atoms with Crippen molar-refractivity contribution in [2.45, 2.75) is 6.92 Å². The molecular formula is C19H19N3O5. The zero-order valence-corrected chi connectivity index (χ0v) is 15.2. The van der Waals surface area contributed by atoms with E-state index in [-0.39, 0.29) is 12.5 Å². The molecule has 1 aromatic heterocycles. The normalized spacial score (nSPS) is 10.3. The number of benzene rings is 2. The fraction of sp³-hybridized carbons (Fsp3) is 0.211. The lowest BCUT2D eigenvalue weighted by Crippen LogP contribution is -2.20. The van der Waals surface area contributed by atoms with Gasteiger partial charge in [-0.15, -0.1) is 10.2 Å². The Bertz CT molecular complexity index is 921. The molecule has 0 saturated carbocycles. The smallest absolute Gasteiger partial charge is 0.262 e. The highest BCUT2D eigenvalue weighted by Crippen LogP contribution is 2.29. The molecule has 1 amide bonds. The van der Waals surface area contributed by atoms with Gasteiger partial charge in [0, 0.05) is 18.6 Å². The maximum Gasteiger partial charge on any atom is 0.262 e. The third-order valence-electron chi connectivity index (χ3n) is 3.68. The number of aromatic nitrogens is 2. The average Bonchev–Trinajstić information content (AvgIpc) is 3.13. The zero-order chi connectivity index (χ0) is 19.2. The summed E-state index contributed by atoms with van der Waals surface area (Å²) in [5.74, 6) is 2.29. The molecule has 0 aliphatic carbocycles. The number of hydrogen-bond acceptors (Lipinski definition) is 7. The molecule has 0 radical (unpaired) electrons. The van der Waals surface area contributed by atoms with Gasteiger partial charge in [-0.3, -0.25) is 4.79 Å². The van der Waals surface area contributed by atoms with Crippen molar-refractivity contribution in [3.63, 3.8) is 0 Å². The Morgan fingerprint density at radius 2 is 1.78 bits per heavy atom. The quantitative estimate of drug-likeness (QED) is 0.684. The standard InChI is InChI=1S/C19H19N3O5/c1-12-21-22-19(27-12)13-4-6-14(7-5-13)26-11-18(23)20-16-10-15(24-2)8-9-17(16)25-3/h4-10H,11H2,1-3H3,(H,20,23). The van der Waals surface area contributed by atoms with Gasteiger partial charge in [0.25, 0.3) is 5.91 Å². The molecule has 0 aliphatic heterocycles. The van der Waals surface area contributed by atoms with Crippen LogP contribution in [0, 0.1) is 6.92 Å². The Labute approximate surface area is 156 Å². The van der Waals surface area contributed by atoms with E-state index in [2.05, 4.69) is 15.5 Å². The highest BCUT2D eigenvalue weighted by atomic mass is 16.5. The zero-order valence-electron chi connectivity index (χ0n) is 15.2. The second kappa shape index (κ2) is 8.22. The van der Waals surface area contributed by atoms with E-state index in [1.807, 2.05) is 0 Å². The molecule has 0 saturated heterocycles. The van der Waals surface area contributed by atoms with Crippen molar-refractivity contribution in [2.24, 2.45) is 0 Å². The summed E-state index contributed by atoms with van der Waals surface area (Å²) in [5.41, 5.74) is 1.28. The lowest BCUT2D eigenvalue weighted by atomic mass is 10.2. The molecular weight excluding hydrogens is 350 g/mol. The van der Waals surface area contributed by atoms with E-state index < -0.39 is 0 Å². The van der Waals surface area contributed by atoms with E-state index in [0.29, 0.717) is 34.7 Å². The number of ether oxygens (including phenoxy) is 3. The van der Waals surface area contributed by atoms with E-state index in [0.717, 1.165) is 5.56 Å². The molecule has 1 N–H and O–H groups in total. The van der Waals surface area contributed by atoms with Gasteiger partial charge in [-0.05, 0) is 36.4 Å². The summed E-state index contributed by atoms with van der Waals surface area (Å²) < 4.78 is 21.3. The van der Waals surface area contributed by atoms with Crippen molar-refractivity contribution < 1.29 is 23.4 Å². The molecule has 8 heteroatoms. The molecule has 0 fully saturated rings. The highest BCUT2D eigenvalue weighted by molar-refractivity contribution is 5.93. The van der Waals surface area contributed by atoms with E-state index in [4.69, 9.17) is 18.6 Å². The lowest BCUT2D eigenvalue weighted by Gasteiger charge is -2.12. The summed E-state index contributed by atoms with van der Waals surface area (Å²) in [5, 5.41) is 10.5. The Morgan fingerprint density at radius 3 is 2.41 bits per heavy atom. The molecule has 0 aliphatic rings. The summed E-state index contributed by atoms with van der Waals surface area (Å²) in [7, 11) is 3.08. The molecule has 140 valence electrons. The summed E-state index contributed by atoms with van der Waals surface area (Å²) in [6.07, 6.45) is 0. The molecule has 3 rings (SSSR count). The third kappa shape index (κ3) is 4.55. The fourth-order valence-corrected chi connectivity index (χ4v) is 2.35. The van der Waals surface area contributed by atoms with Crippen LogP contribution < -0.4 is 19.5 Å². The van der Waals surface area contributed by atoms with Gasteiger partial charge >= 0.3 is 0 Å². The first-order valence-electron chi connectivity index (χ1n) is 8.14. The van der Waals surface area contributed by atoms with Crippen molar-refractivity contribution in [3.05, 3.63) is 48.4 Å². The van der Waals surface area contributed by atoms with Crippen LogP contribution in [0.15, 0.2) is 46.9 Å². The van der Waals surface area contributed by atoms with Crippen LogP contribution in [0.2, 0.25) is 0 Å². The van der Waals surface area contributed by atoms with Crippen LogP contribution in [0.25, 0.3) is 11.5 Å². The Kier molecular flexibility index (Phi) is 5.55. The van der Waals surface area contributed by atoms with E-state index >= 15 is 0 Å². The van der Waals surface area contributed by atoms with Crippen molar-refractivity contribution in [1.82, 2.24) is 10.2 Å². The molecule has 0 spiro atoms. The number of methoxy groups -OCH3 is 2. The molecule has 8 nitrogen and oxygen atoms in total. The SMILES string of the molecule is COc1ccc(OC)c(NC(=O)COc2ccc(-c3nnc(C)o3)cc2)c1. The molecule has 2 aromatic carbocycles. The fourth-order valence-electron chi connectivity index (χ4n) is 2.35. The van der Waals surface area contributed by atoms with Crippen molar-refractivity contribution in [3.8, 4) is 28.7 Å². The predicted octanol–water partition coefficient (Wildman–Crippen LogP) is 3.08. The van der Waals surface area contributed by atoms with Crippen LogP contribution in [-0.2, 0) is 4.79 Å². The third-order valence-corrected chi connectivity index (χ3v) is 3.68. The lowest BCUT2D eigenvalue weighted by molar-refractivity contribution is -0.118. The van der Waals surface area contributed by atoms with Crippen LogP contribution in [0.5, 0.6) is 17.2 Å². The van der Waals surface area contributed by atoms with Crippen molar-refractivity contribution >= 4 is 11.6 Å². The minimum atomic E-state index is -0.321. The molecule has 0 bridgehead atoms. The Balaban J connectivity index is 1.59. The Hall–Kier alpha value is -3.55. The largest absolute Gasteiger partial charge is 0.497 e. The van der Waals surface area contributed by atoms with Crippen LogP contribution in [0.3, 0.4) is 0 Å². The van der Waals surface area contributed by atoms with Gasteiger partial charge in [-0.2, -0.15) is 0 Å². The number of nitrogens with zero attached hydrogens (tertiary/aromatic N) is 2. The first-order valence-corrected chi connectivity index (χ1v) is 8.14. The topological polar surface area (TPSA) is 95.7 Å². The van der Waals surface area contributed by atoms with Gasteiger partial charge in [0.1, 0.15) is 17.2 Å². The minimum absolute atomic E-state index is 0.153. The molecule has 0 unspecified atom stereocenters. The second-order valence-electron chi connectivity index (χ2n) is 5.55. The monoisotopic (exact) mass is 369 g/mol. The number of carbonyl (C=O) groups excluding carboxylic acids is 1. The van der Waals surface area contributed by atoms with Gasteiger partial charge in [0.05, 0.1) is 19.9 Å². The first-order chi connectivity index (χ1) is 13.1. The van der Waals surface area contributed by atoms with Gasteiger partial charge in [-0.25, -0.2) is 0 Å². The summed E-state index contributed by atoms with van der Waals surface area (Å²) >= 11 is 0. The molecule has 27 heavy (non-hydrogen) atoms. The molecule has 3 aromatic rings. The molecule has 0 atom stereocenters. The van der Waals surface area contributed by atoms with Crippen LogP contribution in [-0.4, -0.2) is 36.9 Å². The van der Waals surface area contributed by atoms with E-state index in [1.54, 1.807) is 56.5 Å². The first kappa shape index (κ1) is 18.2. The second-order valence-corrected chi connectivity index (χ2v) is 5.55. The number of nitrogens with one attached hydrogen (secondary N) is 1. The van der Waals surface area contributed by atoms with E-state index in [9.17, 15) is 4.79 Å². The summed E-state index contributed by atoms with van der Waals surface area (Å²) in [4.78, 5) is 12.2. The number of hydrogen-bond donors (Lipinski definition) is 1. The van der Waals surface area contributed by atoms with Gasteiger partial charge in [0.2, 0.25) is 11.8 Å². The maximum absolute atomic E-state index is 12.2. The Morgan fingerprint density at radius 1 is 1.04 bits per heavy atom. The number of carbonyl (C=O) groups is 1. The van der Waals surface area contributed by atoms with E-state index in [1.165, 1.54) is 7.11 Å². The van der Waals surface area contributed by atoms with Crippen molar-refractivity contribution in [2.75, 3.05) is 26.1 Å². The van der Waals surface area contributed by atoms with Gasteiger partial charge in [0.15, 0.2) is 6.61 Å². The molecule has 1 heterocycles. The summed E-state index contributed by atoms with van der Waals surface area (Å²) in [6, 6.07) is 12.2. The number of aryl methyl sites for hydroxylation is 1. The predicted molar refractivity (Wildman–Crippen MR) is 98.1 cm³/mol. The van der Waals surface area contributed by atoms with Gasteiger partial charge < -0.3 is 23.9 Å². The minimum Gasteiger partial charge on any atom is -0.497 e. The highest BCUT2D eigenvalue weighted by Gasteiger charge is 2.11. The van der Waals surface area contributed by atoms with Crippen LogP contribution in [0.1, 0.15) is 5.89 Å². The average molecular weight is 369 g/mol. The maximum atomic E-state index is 12.2. The number of rotatable bonds is 7. The number of amides is 1. The summed E-state index contributed by atoms with van der Waals surface area (Å²) in [6.45, 7) is 1.57. The van der Waals surface area contributed by atoms with Crippen LogP contribution in [0.4, 0.5) is 5.69 Å².